The van der Waals surface area contributed by atoms with E-state index in [0.717, 1.165) is 15.7 Å². The maximum Gasteiger partial charge on any atom is 0.321 e. The number of rotatable bonds is 4. The Hall–Kier alpha value is -1.80. The van der Waals surface area contributed by atoms with Crippen LogP contribution in [0.4, 0.5) is 4.79 Å². The second kappa shape index (κ2) is 7.65. The molecule has 1 heterocycles. The van der Waals surface area contributed by atoms with Gasteiger partial charge in [-0.25, -0.2) is 9.78 Å². The number of carbonyl (C=O) groups excluding carboxylic acids is 2. The molecule has 1 aromatic carbocycles. The van der Waals surface area contributed by atoms with Crippen molar-refractivity contribution in [3.05, 3.63) is 34.9 Å². The van der Waals surface area contributed by atoms with Gasteiger partial charge in [-0.15, -0.1) is 0 Å². The van der Waals surface area contributed by atoms with Crippen molar-refractivity contribution in [2.75, 3.05) is 7.05 Å². The van der Waals surface area contributed by atoms with Gasteiger partial charge >= 0.3 is 6.03 Å². The molecule has 0 radical (unpaired) electrons. The number of hydrogen-bond donors (Lipinski definition) is 2. The predicted octanol–water partition coefficient (Wildman–Crippen LogP) is 2.79. The van der Waals surface area contributed by atoms with Crippen LogP contribution in [0.1, 0.15) is 6.92 Å². The number of imidazole rings is 1. The summed E-state index contributed by atoms with van der Waals surface area (Å²) in [7, 11) is 3.36. The largest absolute Gasteiger partial charge is 0.341 e. The van der Waals surface area contributed by atoms with Gasteiger partial charge in [0.2, 0.25) is 5.91 Å². The van der Waals surface area contributed by atoms with Crippen molar-refractivity contribution in [2.24, 2.45) is 7.05 Å². The van der Waals surface area contributed by atoms with Crippen LogP contribution in [0.3, 0.4) is 0 Å². The number of carbonyl (C=O) groups is 2. The van der Waals surface area contributed by atoms with Gasteiger partial charge in [-0.1, -0.05) is 39.8 Å². The Morgan fingerprint density at radius 2 is 1.96 bits per heavy atom. The van der Waals surface area contributed by atoms with Gasteiger partial charge in [-0.05, 0) is 24.6 Å². The molecule has 2 N–H and O–H groups in total. The van der Waals surface area contributed by atoms with E-state index in [1.807, 2.05) is 35.9 Å². The van der Waals surface area contributed by atoms with Crippen molar-refractivity contribution in [2.45, 2.75) is 17.3 Å². The van der Waals surface area contributed by atoms with Gasteiger partial charge < -0.3 is 9.88 Å². The molecular weight excluding hydrogens is 380 g/mol. The van der Waals surface area contributed by atoms with E-state index < -0.39 is 11.3 Å². The fourth-order valence-corrected chi connectivity index (χ4v) is 3.00. The summed E-state index contributed by atoms with van der Waals surface area (Å²) >= 11 is 4.71. The predicted molar refractivity (Wildman–Crippen MR) is 94.3 cm³/mol. The van der Waals surface area contributed by atoms with Gasteiger partial charge in [0.15, 0.2) is 5.16 Å². The minimum Gasteiger partial charge on any atom is -0.341 e. The minimum atomic E-state index is -0.516. The number of thioether (sulfide) groups is 1. The van der Waals surface area contributed by atoms with E-state index in [4.69, 9.17) is 0 Å². The van der Waals surface area contributed by atoms with Crippen LogP contribution in [0.2, 0.25) is 0 Å². The molecule has 0 aliphatic carbocycles. The first-order valence-corrected chi connectivity index (χ1v) is 8.56. The molecule has 0 aliphatic heterocycles. The highest BCUT2D eigenvalue weighted by molar-refractivity contribution is 9.10. The van der Waals surface area contributed by atoms with Gasteiger partial charge in [0, 0.05) is 18.6 Å². The van der Waals surface area contributed by atoms with Crippen LogP contribution in [0.15, 0.2) is 40.1 Å². The summed E-state index contributed by atoms with van der Waals surface area (Å²) in [5.41, 5.74) is 2.00. The highest BCUT2D eigenvalue weighted by atomic mass is 79.9. The molecular formula is C15H17BrN4O2S. The topological polar surface area (TPSA) is 76.0 Å². The Balaban J connectivity index is 2.11. The quantitative estimate of drug-likeness (QED) is 0.778. The van der Waals surface area contributed by atoms with Crippen molar-refractivity contribution < 1.29 is 9.59 Å². The molecule has 1 atom stereocenters. The molecule has 23 heavy (non-hydrogen) atoms. The lowest BCUT2D eigenvalue weighted by molar-refractivity contribution is -0.119. The van der Waals surface area contributed by atoms with E-state index in [-0.39, 0.29) is 5.91 Å². The Morgan fingerprint density at radius 1 is 1.30 bits per heavy atom. The van der Waals surface area contributed by atoms with E-state index in [0.29, 0.717) is 5.16 Å². The van der Waals surface area contributed by atoms with E-state index in [9.17, 15) is 9.59 Å². The number of urea groups is 1. The van der Waals surface area contributed by atoms with Crippen LogP contribution < -0.4 is 10.6 Å². The Bertz CT molecular complexity index is 715. The summed E-state index contributed by atoms with van der Waals surface area (Å²) in [6.07, 6.45) is 1.77. The van der Waals surface area contributed by atoms with E-state index in [1.165, 1.54) is 18.8 Å². The SMILES string of the molecule is CNC(=O)NC(=O)[C@H](C)Sc1ncc(-c2ccc(Br)cc2)n1C. The van der Waals surface area contributed by atoms with Crippen molar-refractivity contribution in [3.63, 3.8) is 0 Å². The molecule has 0 saturated heterocycles. The molecule has 3 amide bonds. The Morgan fingerprint density at radius 3 is 2.57 bits per heavy atom. The molecule has 0 unspecified atom stereocenters. The lowest BCUT2D eigenvalue weighted by atomic mass is 10.2. The fraction of sp³-hybridized carbons (Fsp3) is 0.267. The van der Waals surface area contributed by atoms with E-state index >= 15 is 0 Å². The molecule has 0 fully saturated rings. The first kappa shape index (κ1) is 17.6. The summed E-state index contributed by atoms with van der Waals surface area (Å²) in [5.74, 6) is -0.359. The number of nitrogens with zero attached hydrogens (tertiary/aromatic N) is 2. The molecule has 0 bridgehead atoms. The first-order chi connectivity index (χ1) is 10.9. The zero-order chi connectivity index (χ0) is 17.0. The number of nitrogens with one attached hydrogen (secondary N) is 2. The van der Waals surface area contributed by atoms with Crippen LogP contribution in [-0.2, 0) is 11.8 Å². The van der Waals surface area contributed by atoms with Gasteiger partial charge in [-0.3, -0.25) is 10.1 Å². The van der Waals surface area contributed by atoms with Crippen LogP contribution >= 0.6 is 27.7 Å². The summed E-state index contributed by atoms with van der Waals surface area (Å²) in [6, 6.07) is 7.41. The van der Waals surface area contributed by atoms with Gasteiger partial charge in [0.1, 0.15) is 0 Å². The summed E-state index contributed by atoms with van der Waals surface area (Å²) in [4.78, 5) is 27.5. The molecule has 0 saturated carbocycles. The summed E-state index contributed by atoms with van der Waals surface area (Å²) in [5, 5.41) is 4.88. The normalized spacial score (nSPS) is 11.8. The Kier molecular flexibility index (Phi) is 5.84. The van der Waals surface area contributed by atoms with Crippen LogP contribution in [0.5, 0.6) is 0 Å². The van der Waals surface area contributed by atoms with Gasteiger partial charge in [0.25, 0.3) is 0 Å². The number of imide groups is 1. The maximum atomic E-state index is 11.9. The second-order valence-corrected chi connectivity index (χ2v) is 7.04. The third-order valence-electron chi connectivity index (χ3n) is 3.20. The van der Waals surface area contributed by atoms with Gasteiger partial charge in [0.05, 0.1) is 17.1 Å². The Labute approximate surface area is 147 Å². The van der Waals surface area contributed by atoms with Crippen molar-refractivity contribution in [1.82, 2.24) is 20.2 Å². The fourth-order valence-electron chi connectivity index (χ4n) is 1.88. The van der Waals surface area contributed by atoms with Gasteiger partial charge in [-0.2, -0.15) is 0 Å². The molecule has 1 aromatic heterocycles. The standard InChI is InChI=1S/C15H17BrN4O2S/c1-9(13(21)19-14(22)17-2)23-15-18-8-12(20(15)3)10-4-6-11(16)7-5-10/h4-9H,1-3H3,(H2,17,19,21,22)/t9-/m0/s1. The number of halogens is 1. The monoisotopic (exact) mass is 396 g/mol. The smallest absolute Gasteiger partial charge is 0.321 e. The second-order valence-electron chi connectivity index (χ2n) is 4.82. The highest BCUT2D eigenvalue weighted by Crippen LogP contribution is 2.28. The van der Waals surface area contributed by atoms with Crippen LogP contribution in [0.25, 0.3) is 11.3 Å². The highest BCUT2D eigenvalue weighted by Gasteiger charge is 2.19. The number of amides is 3. The number of benzene rings is 1. The summed E-state index contributed by atoms with van der Waals surface area (Å²) < 4.78 is 2.94. The van der Waals surface area contributed by atoms with Crippen molar-refractivity contribution in [1.29, 1.82) is 0 Å². The molecule has 0 aliphatic rings. The first-order valence-electron chi connectivity index (χ1n) is 6.89. The zero-order valence-corrected chi connectivity index (χ0v) is 15.4. The molecule has 8 heteroatoms. The molecule has 2 aromatic rings. The van der Waals surface area contributed by atoms with Crippen LogP contribution in [-0.4, -0.2) is 33.8 Å². The van der Waals surface area contributed by atoms with E-state index in [2.05, 4.69) is 31.5 Å². The average molecular weight is 397 g/mol. The molecule has 6 nitrogen and oxygen atoms in total. The lowest BCUT2D eigenvalue weighted by Gasteiger charge is -2.11. The lowest BCUT2D eigenvalue weighted by Crippen LogP contribution is -2.41. The molecule has 0 spiro atoms. The van der Waals surface area contributed by atoms with Crippen molar-refractivity contribution >= 4 is 39.6 Å². The maximum absolute atomic E-state index is 11.9. The minimum absolute atomic E-state index is 0.359. The molecule has 122 valence electrons. The molecule has 2 rings (SSSR count). The van der Waals surface area contributed by atoms with E-state index in [1.54, 1.807) is 13.1 Å². The average Bonchev–Trinajstić information content (AvgIpc) is 2.89. The summed E-state index contributed by atoms with van der Waals surface area (Å²) in [6.45, 7) is 1.73. The van der Waals surface area contributed by atoms with Crippen LogP contribution in [0, 0.1) is 0 Å². The number of aromatic nitrogens is 2. The number of hydrogen-bond acceptors (Lipinski definition) is 4. The zero-order valence-electron chi connectivity index (χ0n) is 13.0. The third kappa shape index (κ3) is 4.35. The van der Waals surface area contributed by atoms with Crippen molar-refractivity contribution in [3.8, 4) is 11.3 Å². The third-order valence-corrected chi connectivity index (χ3v) is 4.89.